The summed E-state index contributed by atoms with van der Waals surface area (Å²) in [6, 6.07) is 9.73. The van der Waals surface area contributed by atoms with Gasteiger partial charge in [0.25, 0.3) is 0 Å². The van der Waals surface area contributed by atoms with Gasteiger partial charge in [-0.3, -0.25) is 0 Å². The molecular formula is C18H24N2O3. The maximum Gasteiger partial charge on any atom is 0.326 e. The van der Waals surface area contributed by atoms with Crippen LogP contribution in [0.1, 0.15) is 31.2 Å². The summed E-state index contributed by atoms with van der Waals surface area (Å²) >= 11 is 0. The molecule has 1 N–H and O–H groups in total. The molecule has 2 aliphatic rings. The Bertz CT molecular complexity index is 553. The van der Waals surface area contributed by atoms with Crippen LogP contribution in [0.15, 0.2) is 30.3 Å². The van der Waals surface area contributed by atoms with Crippen LogP contribution < -0.4 is 0 Å². The van der Waals surface area contributed by atoms with Crippen LogP contribution in [0, 0.1) is 5.92 Å². The minimum absolute atomic E-state index is 0.0898. The molecule has 3 rings (SSSR count). The highest BCUT2D eigenvalue weighted by atomic mass is 16.4. The van der Waals surface area contributed by atoms with E-state index in [-0.39, 0.29) is 6.03 Å². The van der Waals surface area contributed by atoms with E-state index in [4.69, 9.17) is 0 Å². The number of aliphatic carboxylic acids is 1. The summed E-state index contributed by atoms with van der Waals surface area (Å²) in [6.45, 7) is 2.04. The summed E-state index contributed by atoms with van der Waals surface area (Å²) < 4.78 is 0. The van der Waals surface area contributed by atoms with Crippen LogP contribution in [0.2, 0.25) is 0 Å². The van der Waals surface area contributed by atoms with Gasteiger partial charge in [0.1, 0.15) is 6.04 Å². The topological polar surface area (TPSA) is 60.9 Å². The SMILES string of the molecule is O=C(O)C1CCCN1C(=O)N1CCC(Cc2ccccc2)CC1. The first-order valence-electron chi connectivity index (χ1n) is 8.47. The Balaban J connectivity index is 1.52. The third kappa shape index (κ3) is 3.66. The number of hydrogen-bond acceptors (Lipinski definition) is 2. The molecule has 1 aromatic carbocycles. The fourth-order valence-corrected chi connectivity index (χ4v) is 3.71. The van der Waals surface area contributed by atoms with Crippen LogP contribution in [0.5, 0.6) is 0 Å². The summed E-state index contributed by atoms with van der Waals surface area (Å²) in [6.07, 6.45) is 4.40. The number of urea groups is 1. The van der Waals surface area contributed by atoms with E-state index >= 15 is 0 Å². The minimum Gasteiger partial charge on any atom is -0.480 e. The van der Waals surface area contributed by atoms with Crippen molar-refractivity contribution in [2.45, 2.75) is 38.1 Å². The molecule has 2 saturated heterocycles. The minimum atomic E-state index is -0.880. The molecule has 0 aliphatic carbocycles. The monoisotopic (exact) mass is 316 g/mol. The van der Waals surface area contributed by atoms with Gasteiger partial charge < -0.3 is 14.9 Å². The Hall–Kier alpha value is -2.04. The second kappa shape index (κ2) is 7.02. The van der Waals surface area contributed by atoms with E-state index in [1.54, 1.807) is 4.90 Å². The number of rotatable bonds is 3. The maximum atomic E-state index is 12.6. The molecule has 0 bridgehead atoms. The number of benzene rings is 1. The number of carboxylic acid groups (broad SMARTS) is 1. The zero-order valence-electron chi connectivity index (χ0n) is 13.4. The van der Waals surface area contributed by atoms with Crippen molar-refractivity contribution >= 4 is 12.0 Å². The van der Waals surface area contributed by atoms with Gasteiger partial charge >= 0.3 is 12.0 Å². The molecule has 1 aromatic rings. The highest BCUT2D eigenvalue weighted by molar-refractivity contribution is 5.83. The average molecular weight is 316 g/mol. The lowest BCUT2D eigenvalue weighted by Gasteiger charge is -2.35. The van der Waals surface area contributed by atoms with Crippen LogP contribution in [-0.2, 0) is 11.2 Å². The lowest BCUT2D eigenvalue weighted by atomic mass is 9.90. The third-order valence-corrected chi connectivity index (χ3v) is 5.04. The zero-order valence-corrected chi connectivity index (χ0v) is 13.4. The summed E-state index contributed by atoms with van der Waals surface area (Å²) in [5.41, 5.74) is 1.35. The van der Waals surface area contributed by atoms with Gasteiger partial charge in [0.2, 0.25) is 0 Å². The van der Waals surface area contributed by atoms with Crippen molar-refractivity contribution in [1.29, 1.82) is 0 Å². The molecule has 1 unspecified atom stereocenters. The predicted molar refractivity (Wildman–Crippen MR) is 87.2 cm³/mol. The largest absolute Gasteiger partial charge is 0.480 e. The van der Waals surface area contributed by atoms with Crippen LogP contribution in [-0.4, -0.2) is 52.6 Å². The highest BCUT2D eigenvalue weighted by Gasteiger charge is 2.37. The molecule has 0 aromatic heterocycles. The van der Waals surface area contributed by atoms with Crippen molar-refractivity contribution in [1.82, 2.24) is 9.80 Å². The van der Waals surface area contributed by atoms with Crippen LogP contribution in [0.25, 0.3) is 0 Å². The number of amides is 2. The molecule has 0 saturated carbocycles. The Morgan fingerprint density at radius 2 is 1.74 bits per heavy atom. The van der Waals surface area contributed by atoms with Gasteiger partial charge in [-0.1, -0.05) is 30.3 Å². The molecule has 2 amide bonds. The standard InChI is InChI=1S/C18H24N2O3/c21-17(22)16-7-4-10-20(16)18(23)19-11-8-15(9-12-19)13-14-5-2-1-3-6-14/h1-3,5-6,15-16H,4,7-13H2,(H,21,22). The van der Waals surface area contributed by atoms with E-state index in [2.05, 4.69) is 24.3 Å². The van der Waals surface area contributed by atoms with Gasteiger partial charge in [0, 0.05) is 19.6 Å². The van der Waals surface area contributed by atoms with Gasteiger partial charge in [-0.25, -0.2) is 9.59 Å². The normalized spacial score (nSPS) is 22.3. The van der Waals surface area contributed by atoms with Gasteiger partial charge in [-0.2, -0.15) is 0 Å². The highest BCUT2D eigenvalue weighted by Crippen LogP contribution is 2.25. The number of piperidine rings is 1. The molecule has 2 heterocycles. The first kappa shape index (κ1) is 15.8. The van der Waals surface area contributed by atoms with E-state index in [1.807, 2.05) is 11.0 Å². The number of hydrogen-bond donors (Lipinski definition) is 1. The Labute approximate surface area is 136 Å². The quantitative estimate of drug-likeness (QED) is 0.932. The van der Waals surface area contributed by atoms with E-state index in [1.165, 1.54) is 5.56 Å². The first-order valence-corrected chi connectivity index (χ1v) is 8.47. The van der Waals surface area contributed by atoms with Crippen molar-refractivity contribution < 1.29 is 14.7 Å². The van der Waals surface area contributed by atoms with Crippen molar-refractivity contribution in [2.75, 3.05) is 19.6 Å². The smallest absolute Gasteiger partial charge is 0.326 e. The van der Waals surface area contributed by atoms with Gasteiger partial charge in [0.15, 0.2) is 0 Å². The molecule has 2 fully saturated rings. The number of carbonyl (C=O) groups is 2. The fourth-order valence-electron chi connectivity index (χ4n) is 3.71. The molecule has 1 atom stereocenters. The summed E-state index contributed by atoms with van der Waals surface area (Å²) in [4.78, 5) is 27.2. The number of likely N-dealkylation sites (tertiary alicyclic amines) is 2. The Kier molecular flexibility index (Phi) is 4.84. The molecule has 0 radical (unpaired) electrons. The van der Waals surface area contributed by atoms with Crippen LogP contribution in [0.4, 0.5) is 4.79 Å². The van der Waals surface area contributed by atoms with Gasteiger partial charge in [-0.05, 0) is 43.6 Å². The maximum absolute atomic E-state index is 12.6. The number of carbonyl (C=O) groups excluding carboxylic acids is 1. The molecule has 5 nitrogen and oxygen atoms in total. The lowest BCUT2D eigenvalue weighted by Crippen LogP contribution is -2.50. The van der Waals surface area contributed by atoms with E-state index in [0.717, 1.165) is 38.8 Å². The van der Waals surface area contributed by atoms with Crippen molar-refractivity contribution in [3.05, 3.63) is 35.9 Å². The van der Waals surface area contributed by atoms with Crippen molar-refractivity contribution in [3.63, 3.8) is 0 Å². The van der Waals surface area contributed by atoms with Crippen LogP contribution >= 0.6 is 0 Å². The van der Waals surface area contributed by atoms with E-state index < -0.39 is 12.0 Å². The zero-order chi connectivity index (χ0) is 16.2. The van der Waals surface area contributed by atoms with Crippen molar-refractivity contribution in [3.8, 4) is 0 Å². The molecule has 23 heavy (non-hydrogen) atoms. The Morgan fingerprint density at radius 1 is 1.04 bits per heavy atom. The summed E-state index contributed by atoms with van der Waals surface area (Å²) in [7, 11) is 0. The Morgan fingerprint density at radius 3 is 2.39 bits per heavy atom. The second-order valence-corrected chi connectivity index (χ2v) is 6.59. The first-order chi connectivity index (χ1) is 11.1. The third-order valence-electron chi connectivity index (χ3n) is 5.04. The molecule has 2 aliphatic heterocycles. The van der Waals surface area contributed by atoms with Gasteiger partial charge in [0.05, 0.1) is 0 Å². The van der Waals surface area contributed by atoms with E-state index in [0.29, 0.717) is 18.9 Å². The fraction of sp³-hybridized carbons (Fsp3) is 0.556. The number of nitrogens with zero attached hydrogens (tertiary/aromatic N) is 2. The van der Waals surface area contributed by atoms with Crippen molar-refractivity contribution in [2.24, 2.45) is 5.92 Å². The van der Waals surface area contributed by atoms with Crippen LogP contribution in [0.3, 0.4) is 0 Å². The molecule has 124 valence electrons. The summed E-state index contributed by atoms with van der Waals surface area (Å²) in [5, 5.41) is 9.22. The van der Waals surface area contributed by atoms with E-state index in [9.17, 15) is 14.7 Å². The molecule has 0 spiro atoms. The molecule has 5 heteroatoms. The predicted octanol–water partition coefficient (Wildman–Crippen LogP) is 2.61. The summed E-state index contributed by atoms with van der Waals surface area (Å²) in [5.74, 6) is -0.273. The average Bonchev–Trinajstić information content (AvgIpc) is 3.06. The second-order valence-electron chi connectivity index (χ2n) is 6.59. The molecular weight excluding hydrogens is 292 g/mol. The number of carboxylic acids is 1. The van der Waals surface area contributed by atoms with Gasteiger partial charge in [-0.15, -0.1) is 0 Å². The lowest BCUT2D eigenvalue weighted by molar-refractivity contribution is -0.141.